The van der Waals surface area contributed by atoms with Gasteiger partial charge in [0.05, 0.1) is 0 Å². The zero-order chi connectivity index (χ0) is 14.5. The Labute approximate surface area is 121 Å². The summed E-state index contributed by atoms with van der Waals surface area (Å²) in [6.45, 7) is 9.95. The van der Waals surface area contributed by atoms with Gasteiger partial charge in [0.2, 0.25) is 0 Å². The predicted octanol–water partition coefficient (Wildman–Crippen LogP) is 2.61. The number of hydrogen-bond acceptors (Lipinski definition) is 3. The van der Waals surface area contributed by atoms with Gasteiger partial charge >= 0.3 is 0 Å². The minimum atomic E-state index is 0.0506. The Balaban J connectivity index is 1.91. The molecule has 112 valence electrons. The average Bonchev–Trinajstić information content (AvgIpc) is 2.86. The lowest BCUT2D eigenvalue weighted by Crippen LogP contribution is -2.40. The lowest BCUT2D eigenvalue weighted by atomic mass is 9.96. The van der Waals surface area contributed by atoms with E-state index in [1.54, 1.807) is 0 Å². The van der Waals surface area contributed by atoms with E-state index in [4.69, 9.17) is 4.42 Å². The predicted molar refractivity (Wildman–Crippen MR) is 80.0 cm³/mol. The van der Waals surface area contributed by atoms with Gasteiger partial charge in [0, 0.05) is 19.5 Å². The molecule has 2 rings (SSSR count). The minimum absolute atomic E-state index is 0.0506. The van der Waals surface area contributed by atoms with E-state index in [1.165, 1.54) is 0 Å². The number of likely N-dealkylation sites (tertiary alicyclic amines) is 1. The highest BCUT2D eigenvalue weighted by atomic mass is 16.4. The highest BCUT2D eigenvalue weighted by Gasteiger charge is 2.25. The summed E-state index contributed by atoms with van der Waals surface area (Å²) < 4.78 is 5.67. The van der Waals surface area contributed by atoms with Gasteiger partial charge in [0.1, 0.15) is 5.76 Å². The monoisotopic (exact) mass is 278 g/mol. The molecule has 0 radical (unpaired) electrons. The molecule has 1 aromatic rings. The second kappa shape index (κ2) is 6.93. The van der Waals surface area contributed by atoms with E-state index in [2.05, 4.69) is 12.2 Å². The van der Waals surface area contributed by atoms with Crippen molar-refractivity contribution in [3.05, 3.63) is 23.2 Å². The van der Waals surface area contributed by atoms with Crippen molar-refractivity contribution in [2.24, 2.45) is 5.92 Å². The standard InChI is InChI=1S/C16H26N2O2/c1-4-14-12(3)10-15(20-14)16(19)18-8-6-13(7-9-18)11-17-5-2/h10,13,17H,4-9,11H2,1-3H3. The van der Waals surface area contributed by atoms with Gasteiger partial charge in [-0.05, 0) is 50.4 Å². The number of furan rings is 1. The smallest absolute Gasteiger partial charge is 0.289 e. The van der Waals surface area contributed by atoms with Gasteiger partial charge in [-0.15, -0.1) is 0 Å². The number of aryl methyl sites for hydroxylation is 2. The van der Waals surface area contributed by atoms with Crippen molar-refractivity contribution in [1.82, 2.24) is 10.2 Å². The maximum atomic E-state index is 12.4. The molecule has 0 spiro atoms. The molecular weight excluding hydrogens is 252 g/mol. The van der Waals surface area contributed by atoms with Gasteiger partial charge in [-0.25, -0.2) is 0 Å². The number of amides is 1. The molecule has 1 saturated heterocycles. The molecule has 0 aromatic carbocycles. The number of carbonyl (C=O) groups excluding carboxylic acids is 1. The Morgan fingerprint density at radius 2 is 2.10 bits per heavy atom. The van der Waals surface area contributed by atoms with Crippen LogP contribution in [0.5, 0.6) is 0 Å². The van der Waals surface area contributed by atoms with Crippen molar-refractivity contribution in [1.29, 1.82) is 0 Å². The summed E-state index contributed by atoms with van der Waals surface area (Å²) in [5.41, 5.74) is 1.08. The molecule has 0 atom stereocenters. The van der Waals surface area contributed by atoms with Crippen molar-refractivity contribution < 1.29 is 9.21 Å². The van der Waals surface area contributed by atoms with E-state index in [0.717, 1.165) is 56.8 Å². The maximum Gasteiger partial charge on any atom is 0.289 e. The molecular formula is C16H26N2O2. The summed E-state index contributed by atoms with van der Waals surface area (Å²) >= 11 is 0. The normalized spacial score (nSPS) is 16.6. The number of carbonyl (C=O) groups is 1. The SMILES string of the molecule is CCNCC1CCN(C(=O)c2cc(C)c(CC)o2)CC1. The Morgan fingerprint density at radius 1 is 1.40 bits per heavy atom. The first-order valence-electron chi connectivity index (χ1n) is 7.75. The number of nitrogens with one attached hydrogen (secondary N) is 1. The van der Waals surface area contributed by atoms with Crippen molar-refractivity contribution in [3.63, 3.8) is 0 Å². The zero-order valence-corrected chi connectivity index (χ0v) is 12.9. The van der Waals surface area contributed by atoms with E-state index in [-0.39, 0.29) is 5.91 Å². The Bertz CT molecular complexity index is 445. The summed E-state index contributed by atoms with van der Waals surface area (Å²) in [5.74, 6) is 2.18. The number of nitrogens with zero attached hydrogens (tertiary/aromatic N) is 1. The van der Waals surface area contributed by atoms with Crippen molar-refractivity contribution in [2.75, 3.05) is 26.2 Å². The number of rotatable bonds is 5. The van der Waals surface area contributed by atoms with Gasteiger partial charge < -0.3 is 14.6 Å². The molecule has 0 aliphatic carbocycles. The van der Waals surface area contributed by atoms with Crippen LogP contribution in [0.1, 0.15) is 48.6 Å². The third-order valence-electron chi connectivity index (χ3n) is 4.14. The first-order chi connectivity index (χ1) is 9.65. The van der Waals surface area contributed by atoms with Crippen LogP contribution in [0, 0.1) is 12.8 Å². The summed E-state index contributed by atoms with van der Waals surface area (Å²) in [4.78, 5) is 14.3. The van der Waals surface area contributed by atoms with Gasteiger partial charge in [0.25, 0.3) is 5.91 Å². The Kier molecular flexibility index (Phi) is 5.24. The van der Waals surface area contributed by atoms with Crippen molar-refractivity contribution in [2.45, 2.75) is 40.0 Å². The van der Waals surface area contributed by atoms with E-state index in [0.29, 0.717) is 11.7 Å². The lowest BCUT2D eigenvalue weighted by molar-refractivity contribution is 0.0656. The van der Waals surface area contributed by atoms with Crippen LogP contribution in [-0.2, 0) is 6.42 Å². The molecule has 0 saturated carbocycles. The summed E-state index contributed by atoms with van der Waals surface area (Å²) in [6.07, 6.45) is 3.00. The molecule has 1 aliphatic heterocycles. The van der Waals surface area contributed by atoms with Gasteiger partial charge in [-0.2, -0.15) is 0 Å². The Hall–Kier alpha value is -1.29. The molecule has 1 aliphatic rings. The second-order valence-corrected chi connectivity index (χ2v) is 5.61. The highest BCUT2D eigenvalue weighted by Crippen LogP contribution is 2.21. The molecule has 1 amide bonds. The fraction of sp³-hybridized carbons (Fsp3) is 0.688. The molecule has 4 heteroatoms. The van der Waals surface area contributed by atoms with E-state index in [9.17, 15) is 4.79 Å². The van der Waals surface area contributed by atoms with Crippen LogP contribution >= 0.6 is 0 Å². The summed E-state index contributed by atoms with van der Waals surface area (Å²) in [7, 11) is 0. The quantitative estimate of drug-likeness (QED) is 0.900. The fourth-order valence-corrected chi connectivity index (χ4v) is 2.82. The lowest BCUT2D eigenvalue weighted by Gasteiger charge is -2.31. The van der Waals surface area contributed by atoms with Crippen molar-refractivity contribution in [3.8, 4) is 0 Å². The maximum absolute atomic E-state index is 12.4. The first-order valence-corrected chi connectivity index (χ1v) is 7.75. The van der Waals surface area contributed by atoms with Crippen LogP contribution in [-0.4, -0.2) is 37.0 Å². The second-order valence-electron chi connectivity index (χ2n) is 5.61. The van der Waals surface area contributed by atoms with E-state index < -0.39 is 0 Å². The third-order valence-corrected chi connectivity index (χ3v) is 4.14. The van der Waals surface area contributed by atoms with Gasteiger partial charge in [-0.1, -0.05) is 13.8 Å². The van der Waals surface area contributed by atoms with Crippen LogP contribution < -0.4 is 5.32 Å². The van der Waals surface area contributed by atoms with E-state index in [1.807, 2.05) is 24.8 Å². The van der Waals surface area contributed by atoms with Crippen LogP contribution in [0.25, 0.3) is 0 Å². The molecule has 1 fully saturated rings. The highest BCUT2D eigenvalue weighted by molar-refractivity contribution is 5.91. The Morgan fingerprint density at radius 3 is 2.65 bits per heavy atom. The van der Waals surface area contributed by atoms with E-state index >= 15 is 0 Å². The zero-order valence-electron chi connectivity index (χ0n) is 12.9. The molecule has 0 unspecified atom stereocenters. The minimum Gasteiger partial charge on any atom is -0.456 e. The third kappa shape index (κ3) is 3.42. The largest absolute Gasteiger partial charge is 0.456 e. The number of piperidine rings is 1. The first kappa shape index (κ1) is 15.1. The topological polar surface area (TPSA) is 45.5 Å². The molecule has 0 bridgehead atoms. The van der Waals surface area contributed by atoms with Crippen LogP contribution in [0.4, 0.5) is 0 Å². The van der Waals surface area contributed by atoms with Gasteiger partial charge in [-0.3, -0.25) is 4.79 Å². The summed E-state index contributed by atoms with van der Waals surface area (Å²) in [6, 6.07) is 1.88. The molecule has 1 aromatic heterocycles. The molecule has 20 heavy (non-hydrogen) atoms. The number of hydrogen-bond donors (Lipinski definition) is 1. The average molecular weight is 278 g/mol. The molecule has 4 nitrogen and oxygen atoms in total. The molecule has 2 heterocycles. The summed E-state index contributed by atoms with van der Waals surface area (Å²) in [5, 5.41) is 3.39. The molecule has 1 N–H and O–H groups in total. The fourth-order valence-electron chi connectivity index (χ4n) is 2.82. The van der Waals surface area contributed by atoms with Crippen LogP contribution in [0.3, 0.4) is 0 Å². The van der Waals surface area contributed by atoms with Crippen LogP contribution in [0.2, 0.25) is 0 Å². The van der Waals surface area contributed by atoms with Crippen molar-refractivity contribution >= 4 is 5.91 Å². The van der Waals surface area contributed by atoms with Crippen LogP contribution in [0.15, 0.2) is 10.5 Å². The van der Waals surface area contributed by atoms with Gasteiger partial charge in [0.15, 0.2) is 5.76 Å².